The fraction of sp³-hybridized carbons (Fsp3) is 0.0256. The van der Waals surface area contributed by atoms with E-state index in [9.17, 15) is 0 Å². The monoisotopic (exact) mass is 583 g/mol. The molecule has 9 rings (SSSR count). The average Bonchev–Trinajstić information content (AvgIpc) is 3.66. The lowest BCUT2D eigenvalue weighted by Gasteiger charge is -2.23. The number of nitrogens with zero attached hydrogens (tertiary/aromatic N) is 2. The van der Waals surface area contributed by atoms with Crippen molar-refractivity contribution in [3.63, 3.8) is 0 Å². The highest BCUT2D eigenvalue weighted by Crippen LogP contribution is 2.41. The third-order valence-corrected chi connectivity index (χ3v) is 9.50. The molecule has 1 N–H and O–H groups in total. The van der Waals surface area contributed by atoms with E-state index in [0.717, 1.165) is 44.5 Å². The van der Waals surface area contributed by atoms with Crippen LogP contribution in [0.4, 0.5) is 0 Å². The molecule has 1 aliphatic rings. The Morgan fingerprint density at radius 1 is 0.568 bits per heavy atom. The van der Waals surface area contributed by atoms with Crippen LogP contribution in [0.3, 0.4) is 0 Å². The number of nitrogens with one attached hydrogen (secondary N) is 1. The van der Waals surface area contributed by atoms with E-state index in [-0.39, 0.29) is 6.17 Å². The van der Waals surface area contributed by atoms with Crippen molar-refractivity contribution in [2.24, 2.45) is 9.98 Å². The summed E-state index contributed by atoms with van der Waals surface area (Å²) >= 11 is 1.84. The summed E-state index contributed by atoms with van der Waals surface area (Å²) in [6, 6.07) is 48.6. The molecule has 4 nitrogen and oxygen atoms in total. The van der Waals surface area contributed by atoms with Gasteiger partial charge in [0, 0.05) is 47.6 Å². The van der Waals surface area contributed by atoms with Gasteiger partial charge in [0.2, 0.25) is 0 Å². The van der Waals surface area contributed by atoms with Crippen molar-refractivity contribution >= 4 is 65.1 Å². The SMILES string of the molecule is c1ccc(C2=NC(c3ccc4c(c3)oc3cccc(-c5ccc6sc7ccccc7c6c5)c34)NC(c3ccccc3)=N2)cc1. The van der Waals surface area contributed by atoms with Gasteiger partial charge < -0.3 is 9.73 Å². The number of hydrogen-bond donors (Lipinski definition) is 1. The van der Waals surface area contributed by atoms with Gasteiger partial charge in [-0.2, -0.15) is 0 Å². The molecule has 8 aromatic rings. The molecule has 1 atom stereocenters. The minimum Gasteiger partial charge on any atom is -0.456 e. The lowest BCUT2D eigenvalue weighted by molar-refractivity contribution is 0.655. The highest BCUT2D eigenvalue weighted by molar-refractivity contribution is 7.25. The molecule has 0 amide bonds. The molecule has 5 heteroatoms. The molecule has 1 unspecified atom stereocenters. The molecule has 0 saturated heterocycles. The van der Waals surface area contributed by atoms with Crippen molar-refractivity contribution in [1.82, 2.24) is 5.32 Å². The van der Waals surface area contributed by atoms with Crippen LogP contribution in [0.15, 0.2) is 154 Å². The van der Waals surface area contributed by atoms with Crippen LogP contribution < -0.4 is 5.32 Å². The quantitative estimate of drug-likeness (QED) is 0.224. The number of hydrogen-bond acceptors (Lipinski definition) is 5. The lowest BCUT2D eigenvalue weighted by atomic mass is 9.97. The molecule has 0 spiro atoms. The summed E-state index contributed by atoms with van der Waals surface area (Å²) in [4.78, 5) is 9.96. The van der Waals surface area contributed by atoms with Crippen LogP contribution in [-0.2, 0) is 0 Å². The maximum Gasteiger partial charge on any atom is 0.159 e. The van der Waals surface area contributed by atoms with Crippen LogP contribution in [0.1, 0.15) is 22.9 Å². The van der Waals surface area contributed by atoms with E-state index in [0.29, 0.717) is 5.84 Å². The zero-order valence-electron chi connectivity index (χ0n) is 23.6. The molecule has 208 valence electrons. The van der Waals surface area contributed by atoms with Crippen LogP contribution in [0.5, 0.6) is 0 Å². The Morgan fingerprint density at radius 3 is 2.20 bits per heavy atom. The van der Waals surface area contributed by atoms with Crippen molar-refractivity contribution < 1.29 is 4.42 Å². The molecule has 1 aliphatic heterocycles. The second-order valence-electron chi connectivity index (χ2n) is 11.0. The van der Waals surface area contributed by atoms with Crippen LogP contribution in [-0.4, -0.2) is 11.7 Å². The van der Waals surface area contributed by atoms with Crippen molar-refractivity contribution in [3.8, 4) is 11.1 Å². The van der Waals surface area contributed by atoms with Gasteiger partial charge in [0.25, 0.3) is 0 Å². The first-order valence-corrected chi connectivity index (χ1v) is 15.5. The first-order chi connectivity index (χ1) is 21.8. The third kappa shape index (κ3) is 4.13. The minimum absolute atomic E-state index is 0.315. The van der Waals surface area contributed by atoms with Crippen molar-refractivity contribution in [3.05, 3.63) is 156 Å². The van der Waals surface area contributed by atoms with Gasteiger partial charge in [0.15, 0.2) is 5.84 Å². The van der Waals surface area contributed by atoms with Crippen molar-refractivity contribution in [2.45, 2.75) is 6.17 Å². The Bertz CT molecular complexity index is 2420. The molecule has 0 saturated carbocycles. The topological polar surface area (TPSA) is 49.9 Å². The summed E-state index contributed by atoms with van der Waals surface area (Å²) in [6.45, 7) is 0. The smallest absolute Gasteiger partial charge is 0.159 e. The highest BCUT2D eigenvalue weighted by atomic mass is 32.1. The van der Waals surface area contributed by atoms with Gasteiger partial charge >= 0.3 is 0 Å². The fourth-order valence-electron chi connectivity index (χ4n) is 6.23. The van der Waals surface area contributed by atoms with Crippen LogP contribution in [0.2, 0.25) is 0 Å². The summed E-state index contributed by atoms with van der Waals surface area (Å²) in [6.07, 6.45) is -0.315. The molecule has 0 aliphatic carbocycles. The molecule has 3 heterocycles. The largest absolute Gasteiger partial charge is 0.456 e. The van der Waals surface area contributed by atoms with Gasteiger partial charge in [-0.1, -0.05) is 109 Å². The van der Waals surface area contributed by atoms with Gasteiger partial charge in [-0.15, -0.1) is 11.3 Å². The summed E-state index contributed by atoms with van der Waals surface area (Å²) in [5.41, 5.74) is 7.09. The van der Waals surface area contributed by atoms with E-state index in [1.807, 2.05) is 59.9 Å². The van der Waals surface area contributed by atoms with Crippen LogP contribution in [0, 0.1) is 0 Å². The molecule has 0 radical (unpaired) electrons. The van der Waals surface area contributed by atoms with E-state index in [1.54, 1.807) is 0 Å². The first kappa shape index (κ1) is 25.0. The van der Waals surface area contributed by atoms with E-state index in [1.165, 1.54) is 31.3 Å². The zero-order valence-corrected chi connectivity index (χ0v) is 24.4. The normalized spacial score (nSPS) is 15.0. The number of rotatable bonds is 4. The number of amidine groups is 2. The number of thiophene rings is 1. The Hall–Kier alpha value is -5.52. The Labute approximate surface area is 257 Å². The van der Waals surface area contributed by atoms with Crippen LogP contribution >= 0.6 is 11.3 Å². The summed E-state index contributed by atoms with van der Waals surface area (Å²) in [7, 11) is 0. The van der Waals surface area contributed by atoms with E-state index in [4.69, 9.17) is 14.4 Å². The molecule has 6 aromatic carbocycles. The second kappa shape index (κ2) is 10.0. The molecular formula is C39H25N3OS. The van der Waals surface area contributed by atoms with Crippen molar-refractivity contribution in [2.75, 3.05) is 0 Å². The van der Waals surface area contributed by atoms with E-state index < -0.39 is 0 Å². The Kier molecular flexibility index (Phi) is 5.71. The molecule has 0 bridgehead atoms. The second-order valence-corrected chi connectivity index (χ2v) is 12.1. The minimum atomic E-state index is -0.315. The molecule has 0 fully saturated rings. The van der Waals surface area contributed by atoms with Gasteiger partial charge in [-0.05, 0) is 41.5 Å². The van der Waals surface area contributed by atoms with E-state index in [2.05, 4.69) is 96.3 Å². The average molecular weight is 584 g/mol. The molecule has 2 aromatic heterocycles. The van der Waals surface area contributed by atoms with Gasteiger partial charge in [-0.25, -0.2) is 9.98 Å². The molecular weight excluding hydrogens is 559 g/mol. The summed E-state index contributed by atoms with van der Waals surface area (Å²) in [5, 5.41) is 8.39. The number of fused-ring (bicyclic) bond motifs is 6. The number of furan rings is 1. The summed E-state index contributed by atoms with van der Waals surface area (Å²) in [5.74, 6) is 1.50. The standard InChI is InChI=1S/C39H25N3OS/c1-3-10-24(11-4-1)37-40-38(25-12-5-2-6-13-25)42-39(41-37)27-18-20-30-33(23-27)43-32-16-9-15-28(36(30)32)26-19-21-35-31(22-26)29-14-7-8-17-34(29)44-35/h1-23,39H,(H,40,41,42). The maximum absolute atomic E-state index is 6.51. The lowest BCUT2D eigenvalue weighted by Crippen LogP contribution is -2.33. The Balaban J connectivity index is 1.16. The van der Waals surface area contributed by atoms with E-state index >= 15 is 0 Å². The van der Waals surface area contributed by atoms with Gasteiger partial charge in [0.1, 0.15) is 23.2 Å². The maximum atomic E-state index is 6.51. The number of benzene rings is 6. The van der Waals surface area contributed by atoms with Crippen LogP contribution in [0.25, 0.3) is 53.2 Å². The predicted molar refractivity (Wildman–Crippen MR) is 184 cm³/mol. The Morgan fingerprint density at radius 2 is 1.34 bits per heavy atom. The molecule has 44 heavy (non-hydrogen) atoms. The first-order valence-electron chi connectivity index (χ1n) is 14.7. The van der Waals surface area contributed by atoms with Crippen molar-refractivity contribution in [1.29, 1.82) is 0 Å². The highest BCUT2D eigenvalue weighted by Gasteiger charge is 2.22. The third-order valence-electron chi connectivity index (χ3n) is 8.35. The summed E-state index contributed by atoms with van der Waals surface area (Å²) < 4.78 is 9.12. The predicted octanol–water partition coefficient (Wildman–Crippen LogP) is 10.1. The van der Waals surface area contributed by atoms with Gasteiger partial charge in [-0.3, -0.25) is 0 Å². The number of aliphatic imine (C=N–C) groups is 2. The fourth-order valence-corrected chi connectivity index (χ4v) is 7.31. The zero-order chi connectivity index (χ0) is 29.0. The van der Waals surface area contributed by atoms with Gasteiger partial charge in [0.05, 0.1) is 0 Å².